The van der Waals surface area contributed by atoms with E-state index in [4.69, 9.17) is 4.74 Å². The fourth-order valence-corrected chi connectivity index (χ4v) is 4.38. The van der Waals surface area contributed by atoms with E-state index < -0.39 is 23.6 Å². The Morgan fingerprint density at radius 3 is 2.59 bits per heavy atom. The van der Waals surface area contributed by atoms with E-state index in [2.05, 4.69) is 41.1 Å². The first-order valence-corrected chi connectivity index (χ1v) is 12.5. The lowest BCUT2D eigenvalue weighted by Gasteiger charge is -2.27. The summed E-state index contributed by atoms with van der Waals surface area (Å²) in [6, 6.07) is 7.20. The molecule has 2 aliphatic rings. The summed E-state index contributed by atoms with van der Waals surface area (Å²) in [5, 5.41) is 17.2. The Balaban J connectivity index is 1.22. The van der Waals surface area contributed by atoms with Gasteiger partial charge in [0.1, 0.15) is 6.54 Å². The van der Waals surface area contributed by atoms with Crippen molar-refractivity contribution in [1.29, 1.82) is 0 Å². The van der Waals surface area contributed by atoms with E-state index in [1.54, 1.807) is 23.1 Å². The summed E-state index contributed by atoms with van der Waals surface area (Å²) in [4.78, 5) is 14.1. The molecule has 4 heterocycles. The lowest BCUT2D eigenvalue weighted by Crippen LogP contribution is -2.43. The minimum atomic E-state index is -4.49. The quantitative estimate of drug-likeness (QED) is 0.300. The van der Waals surface area contributed by atoms with Crippen LogP contribution in [0.1, 0.15) is 22.9 Å². The zero-order chi connectivity index (χ0) is 27.2. The Morgan fingerprint density at radius 1 is 1.05 bits per heavy atom. The van der Waals surface area contributed by atoms with E-state index in [0.717, 1.165) is 18.8 Å². The highest BCUT2D eigenvalue weighted by Crippen LogP contribution is 2.37. The predicted molar refractivity (Wildman–Crippen MR) is 136 cm³/mol. The highest BCUT2D eigenvalue weighted by Gasteiger charge is 2.36. The molecular formula is C25H27F4N9O. The molecular weight excluding hydrogens is 518 g/mol. The first-order valence-electron chi connectivity index (χ1n) is 12.5. The van der Waals surface area contributed by atoms with E-state index in [9.17, 15) is 17.6 Å². The molecule has 0 radical (unpaired) electrons. The van der Waals surface area contributed by atoms with Crippen LogP contribution in [0.2, 0.25) is 0 Å². The highest BCUT2D eigenvalue weighted by atomic mass is 19.4. The van der Waals surface area contributed by atoms with Crippen LogP contribution in [0, 0.1) is 5.82 Å². The molecule has 2 aromatic heterocycles. The summed E-state index contributed by atoms with van der Waals surface area (Å²) in [6.07, 6.45) is -1.93. The van der Waals surface area contributed by atoms with Gasteiger partial charge in [0.25, 0.3) is 5.95 Å². The van der Waals surface area contributed by atoms with Crippen LogP contribution in [-0.2, 0) is 17.5 Å². The van der Waals surface area contributed by atoms with Crippen LogP contribution in [0.4, 0.5) is 40.7 Å². The standard InChI is InChI=1S/C25H27F4N9O/c26-21-14-33-24(36-23(21)38-7-9-39-10-8-38)37-34-13-17-1-2-18(12-32-17)35-16-3-4-19(20(11-16)25(27,28)29)22-15-30-5-6-31-22/h1-4,11-12,14,22,30-31,35H,5-10,13,15H2. The number of aromatic nitrogens is 3. The van der Waals surface area contributed by atoms with Gasteiger partial charge in [0.15, 0.2) is 11.6 Å². The van der Waals surface area contributed by atoms with Crippen molar-refractivity contribution in [2.75, 3.05) is 56.2 Å². The van der Waals surface area contributed by atoms with Gasteiger partial charge in [-0.1, -0.05) is 6.07 Å². The third kappa shape index (κ3) is 6.82. The van der Waals surface area contributed by atoms with E-state index in [0.29, 0.717) is 56.5 Å². The largest absolute Gasteiger partial charge is 0.416 e. The minimum Gasteiger partial charge on any atom is -0.378 e. The normalized spacial score (nSPS) is 18.5. The minimum absolute atomic E-state index is 0.0271. The number of pyridine rings is 1. The Hall–Kier alpha value is -3.75. The maximum Gasteiger partial charge on any atom is 0.416 e. The van der Waals surface area contributed by atoms with Gasteiger partial charge in [-0.15, -0.1) is 5.11 Å². The summed E-state index contributed by atoms with van der Waals surface area (Å²) >= 11 is 0. The molecule has 1 unspecified atom stereocenters. The summed E-state index contributed by atoms with van der Waals surface area (Å²) in [7, 11) is 0. The van der Waals surface area contributed by atoms with E-state index in [-0.39, 0.29) is 23.9 Å². The van der Waals surface area contributed by atoms with Crippen LogP contribution < -0.4 is 20.9 Å². The van der Waals surface area contributed by atoms with Gasteiger partial charge in [-0.05, 0) is 29.8 Å². The van der Waals surface area contributed by atoms with Crippen molar-refractivity contribution < 1.29 is 22.3 Å². The molecule has 0 saturated carbocycles. The number of nitrogens with zero attached hydrogens (tertiary/aromatic N) is 6. The van der Waals surface area contributed by atoms with Gasteiger partial charge in [-0.25, -0.2) is 9.37 Å². The number of benzene rings is 1. The lowest BCUT2D eigenvalue weighted by atomic mass is 9.98. The number of hydrogen-bond donors (Lipinski definition) is 3. The fourth-order valence-electron chi connectivity index (χ4n) is 4.38. The summed E-state index contributed by atoms with van der Waals surface area (Å²) in [5.74, 6) is -0.358. The van der Waals surface area contributed by atoms with Gasteiger partial charge in [0.05, 0.1) is 42.6 Å². The number of anilines is 3. The number of hydrogen-bond acceptors (Lipinski definition) is 10. The number of azo groups is 1. The van der Waals surface area contributed by atoms with E-state index >= 15 is 0 Å². The van der Waals surface area contributed by atoms with Crippen molar-refractivity contribution in [3.8, 4) is 0 Å². The van der Waals surface area contributed by atoms with Crippen LogP contribution >= 0.6 is 0 Å². The molecule has 0 spiro atoms. The molecule has 1 atom stereocenters. The third-order valence-electron chi connectivity index (χ3n) is 6.30. The molecule has 2 aliphatic heterocycles. The van der Waals surface area contributed by atoms with Crippen LogP contribution in [0.15, 0.2) is 53.0 Å². The summed E-state index contributed by atoms with van der Waals surface area (Å²) < 4.78 is 60.9. The summed E-state index contributed by atoms with van der Waals surface area (Å²) in [5.41, 5.74) is 0.918. The van der Waals surface area contributed by atoms with Crippen LogP contribution in [0.3, 0.4) is 0 Å². The maximum atomic E-state index is 14.2. The van der Waals surface area contributed by atoms with E-state index in [1.807, 2.05) is 0 Å². The molecule has 14 heteroatoms. The third-order valence-corrected chi connectivity index (χ3v) is 6.30. The van der Waals surface area contributed by atoms with Crippen molar-refractivity contribution in [3.05, 3.63) is 65.4 Å². The second-order valence-electron chi connectivity index (χ2n) is 9.01. The Labute approximate surface area is 221 Å². The molecule has 10 nitrogen and oxygen atoms in total. The van der Waals surface area contributed by atoms with Gasteiger partial charge in [-0.3, -0.25) is 4.98 Å². The van der Waals surface area contributed by atoms with E-state index in [1.165, 1.54) is 12.3 Å². The van der Waals surface area contributed by atoms with Gasteiger partial charge in [0, 0.05) is 44.5 Å². The number of ether oxygens (including phenoxy) is 1. The molecule has 0 amide bonds. The molecule has 5 rings (SSSR count). The monoisotopic (exact) mass is 545 g/mol. The number of piperazine rings is 1. The zero-order valence-electron chi connectivity index (χ0n) is 20.9. The first-order chi connectivity index (χ1) is 18.9. The SMILES string of the molecule is Fc1cnc(N=NCc2ccc(Nc3ccc(C4CNCCN4)c(C(F)(F)F)c3)cn2)nc1N1CCOCC1. The Morgan fingerprint density at radius 2 is 1.87 bits per heavy atom. The molecule has 206 valence electrons. The zero-order valence-corrected chi connectivity index (χ0v) is 20.9. The molecule has 39 heavy (non-hydrogen) atoms. The Kier molecular flexibility index (Phi) is 8.24. The molecule has 1 aromatic carbocycles. The van der Waals surface area contributed by atoms with Gasteiger partial charge < -0.3 is 25.6 Å². The van der Waals surface area contributed by atoms with Gasteiger partial charge in [-0.2, -0.15) is 23.3 Å². The van der Waals surface area contributed by atoms with Crippen molar-refractivity contribution in [3.63, 3.8) is 0 Å². The summed E-state index contributed by atoms with van der Waals surface area (Å²) in [6.45, 7) is 3.88. The average Bonchev–Trinajstić information content (AvgIpc) is 2.95. The lowest BCUT2D eigenvalue weighted by molar-refractivity contribution is -0.138. The van der Waals surface area contributed by atoms with Gasteiger partial charge >= 0.3 is 6.18 Å². The average molecular weight is 546 g/mol. The van der Waals surface area contributed by atoms with Gasteiger partial charge in [0.2, 0.25) is 0 Å². The maximum absolute atomic E-state index is 14.2. The molecule has 3 aromatic rings. The highest BCUT2D eigenvalue weighted by molar-refractivity contribution is 5.61. The number of nitrogens with one attached hydrogen (secondary N) is 3. The van der Waals surface area contributed by atoms with Crippen molar-refractivity contribution in [1.82, 2.24) is 25.6 Å². The molecule has 2 saturated heterocycles. The number of halogens is 4. The topological polar surface area (TPSA) is 112 Å². The fraction of sp³-hybridized carbons (Fsp3) is 0.400. The molecule has 3 N–H and O–H groups in total. The smallest absolute Gasteiger partial charge is 0.378 e. The van der Waals surface area contributed by atoms with Crippen LogP contribution in [-0.4, -0.2) is 60.9 Å². The number of alkyl halides is 3. The van der Waals surface area contributed by atoms with Crippen LogP contribution in [0.25, 0.3) is 0 Å². The van der Waals surface area contributed by atoms with Crippen molar-refractivity contribution in [2.45, 2.75) is 18.8 Å². The molecule has 0 bridgehead atoms. The van der Waals surface area contributed by atoms with Crippen LogP contribution in [0.5, 0.6) is 0 Å². The first kappa shape index (κ1) is 26.8. The second-order valence-corrected chi connectivity index (χ2v) is 9.01. The van der Waals surface area contributed by atoms with Crippen molar-refractivity contribution in [2.24, 2.45) is 10.2 Å². The molecule has 2 fully saturated rings. The van der Waals surface area contributed by atoms with Crippen molar-refractivity contribution >= 4 is 23.1 Å². The Bertz CT molecular complexity index is 1290. The predicted octanol–water partition coefficient (Wildman–Crippen LogP) is 4.13. The molecule has 0 aliphatic carbocycles. The number of morpholine rings is 1. The number of rotatable bonds is 7. The second kappa shape index (κ2) is 12.0.